The van der Waals surface area contributed by atoms with Gasteiger partial charge in [0.2, 0.25) is 0 Å². The molecule has 1 aliphatic carbocycles. The standard InChI is InChI=1S/C22H24F2.C3H3.Y/c1-3-4-16-6-8-17(9-7-16)18-10-12-19(13-11-18)20-14-5-15(2)21(23)22(20)24;1-3-2;/h3,5,10-14,16-17H,1,4,6-9H2,2H3;1H3;/q;-1;. The van der Waals surface area contributed by atoms with Crippen molar-refractivity contribution >= 4 is 0 Å². The Balaban J connectivity index is 0.000000921. The minimum absolute atomic E-state index is 0. The molecule has 3 heteroatoms. The SMILES string of the molecule is C=CCC1CCC(c2ccc(-c3ccc(C)c(F)c3F)cc2)CC1.[C-]#CC.[Y]. The second-order valence-electron chi connectivity index (χ2n) is 7.17. The summed E-state index contributed by atoms with van der Waals surface area (Å²) in [6.45, 7) is 6.95. The van der Waals surface area contributed by atoms with E-state index in [-0.39, 0.29) is 32.7 Å². The average molecular weight is 454 g/mol. The number of hydrogen-bond acceptors (Lipinski definition) is 0. The summed E-state index contributed by atoms with van der Waals surface area (Å²) in [6, 6.07) is 11.3. The number of halogens is 2. The Labute approximate surface area is 193 Å². The summed E-state index contributed by atoms with van der Waals surface area (Å²) in [6.07, 6.45) is 14.0. The quantitative estimate of drug-likeness (QED) is 0.257. The van der Waals surface area contributed by atoms with Crippen LogP contribution >= 0.6 is 0 Å². The van der Waals surface area contributed by atoms with Crippen LogP contribution in [-0.4, -0.2) is 0 Å². The monoisotopic (exact) mass is 454 g/mol. The van der Waals surface area contributed by atoms with E-state index in [4.69, 9.17) is 6.42 Å². The van der Waals surface area contributed by atoms with Crippen LogP contribution in [0.25, 0.3) is 11.1 Å². The second kappa shape index (κ2) is 12.3. The molecule has 0 amide bonds. The largest absolute Gasteiger partial charge is 0.694 e. The van der Waals surface area contributed by atoms with Gasteiger partial charge in [0.1, 0.15) is 0 Å². The molecule has 0 N–H and O–H groups in total. The first-order chi connectivity index (χ1) is 13.0. The van der Waals surface area contributed by atoms with Crippen molar-refractivity contribution in [1.82, 2.24) is 0 Å². The minimum Gasteiger partial charge on any atom is -0.694 e. The molecule has 2 aromatic rings. The van der Waals surface area contributed by atoms with Gasteiger partial charge in [-0.1, -0.05) is 42.5 Å². The fourth-order valence-corrected chi connectivity index (χ4v) is 3.77. The van der Waals surface area contributed by atoms with Crippen LogP contribution in [0.3, 0.4) is 0 Å². The Morgan fingerprint density at radius 1 is 1.04 bits per heavy atom. The molecule has 3 rings (SSSR count). The molecule has 0 heterocycles. The van der Waals surface area contributed by atoms with Crippen LogP contribution in [0, 0.1) is 36.8 Å². The molecule has 0 aliphatic heterocycles. The summed E-state index contributed by atoms with van der Waals surface area (Å²) < 4.78 is 27.9. The fourth-order valence-electron chi connectivity index (χ4n) is 3.77. The molecule has 0 nitrogen and oxygen atoms in total. The number of benzene rings is 2. The number of rotatable bonds is 4. The van der Waals surface area contributed by atoms with E-state index in [1.54, 1.807) is 26.0 Å². The van der Waals surface area contributed by atoms with E-state index < -0.39 is 11.6 Å². The van der Waals surface area contributed by atoms with E-state index >= 15 is 0 Å². The van der Waals surface area contributed by atoms with Crippen molar-refractivity contribution < 1.29 is 41.5 Å². The van der Waals surface area contributed by atoms with Gasteiger partial charge in [0, 0.05) is 38.3 Å². The molecule has 0 unspecified atom stereocenters. The van der Waals surface area contributed by atoms with Crippen molar-refractivity contribution in [2.24, 2.45) is 5.92 Å². The van der Waals surface area contributed by atoms with Gasteiger partial charge in [-0.3, -0.25) is 0 Å². The third-order valence-corrected chi connectivity index (χ3v) is 5.32. The summed E-state index contributed by atoms with van der Waals surface area (Å²) >= 11 is 0. The van der Waals surface area contributed by atoms with Crippen molar-refractivity contribution in [2.75, 3.05) is 0 Å². The van der Waals surface area contributed by atoms with Crippen molar-refractivity contribution in [3.63, 3.8) is 0 Å². The van der Waals surface area contributed by atoms with Crippen LogP contribution in [0.2, 0.25) is 0 Å². The molecule has 0 bridgehead atoms. The van der Waals surface area contributed by atoms with Gasteiger partial charge in [0.15, 0.2) is 11.6 Å². The molecule has 0 saturated heterocycles. The minimum atomic E-state index is -0.757. The van der Waals surface area contributed by atoms with Gasteiger partial charge in [0.05, 0.1) is 0 Å². The molecule has 1 aliphatic rings. The number of hydrogen-bond donors (Lipinski definition) is 0. The molecule has 0 aromatic heterocycles. The second-order valence-corrected chi connectivity index (χ2v) is 7.17. The summed E-state index contributed by atoms with van der Waals surface area (Å²) in [5.41, 5.74) is 2.71. The van der Waals surface area contributed by atoms with Gasteiger partial charge < -0.3 is 12.3 Å². The molecule has 28 heavy (non-hydrogen) atoms. The summed E-state index contributed by atoms with van der Waals surface area (Å²) in [5.74, 6) is 1.85. The third kappa shape index (κ3) is 6.36. The van der Waals surface area contributed by atoms with Gasteiger partial charge in [-0.2, -0.15) is 0 Å². The first kappa shape index (κ1) is 24.7. The maximum Gasteiger partial charge on any atom is 0.166 e. The molecular formula is C25H27F2Y-. The van der Waals surface area contributed by atoms with Crippen LogP contribution in [0.5, 0.6) is 0 Å². The molecule has 0 atom stereocenters. The van der Waals surface area contributed by atoms with Gasteiger partial charge in [-0.05, 0) is 74.5 Å². The molecule has 145 valence electrons. The first-order valence-electron chi connectivity index (χ1n) is 9.51. The van der Waals surface area contributed by atoms with Crippen molar-refractivity contribution in [3.05, 3.63) is 78.2 Å². The third-order valence-electron chi connectivity index (χ3n) is 5.32. The molecule has 1 fully saturated rings. The predicted octanol–water partition coefficient (Wildman–Crippen LogP) is 7.38. The summed E-state index contributed by atoms with van der Waals surface area (Å²) in [7, 11) is 0. The summed E-state index contributed by atoms with van der Waals surface area (Å²) in [5, 5.41) is 0. The number of aryl methyl sites for hydroxylation is 1. The van der Waals surface area contributed by atoms with Gasteiger partial charge in [-0.15, -0.1) is 6.58 Å². The zero-order chi connectivity index (χ0) is 19.8. The van der Waals surface area contributed by atoms with Gasteiger partial charge in [0.25, 0.3) is 0 Å². The van der Waals surface area contributed by atoms with Gasteiger partial charge >= 0.3 is 0 Å². The maximum absolute atomic E-state index is 14.1. The van der Waals surface area contributed by atoms with E-state index in [1.807, 2.05) is 24.1 Å². The predicted molar refractivity (Wildman–Crippen MR) is 109 cm³/mol. The smallest absolute Gasteiger partial charge is 0.166 e. The fraction of sp³-hybridized carbons (Fsp3) is 0.360. The van der Waals surface area contributed by atoms with Crippen LogP contribution in [0.1, 0.15) is 56.1 Å². The van der Waals surface area contributed by atoms with Crippen LogP contribution in [0.15, 0.2) is 49.1 Å². The Kier molecular flexibility index (Phi) is 10.9. The Bertz CT molecular complexity index is 795. The maximum atomic E-state index is 14.1. The van der Waals surface area contributed by atoms with Gasteiger partial charge in [-0.25, -0.2) is 8.78 Å². The Morgan fingerprint density at radius 2 is 1.61 bits per heavy atom. The number of allylic oxidation sites excluding steroid dienone is 1. The van der Waals surface area contributed by atoms with Crippen molar-refractivity contribution in [2.45, 2.75) is 51.9 Å². The van der Waals surface area contributed by atoms with Crippen LogP contribution in [-0.2, 0) is 32.7 Å². The van der Waals surface area contributed by atoms with Crippen LogP contribution < -0.4 is 0 Å². The normalized spacial score (nSPS) is 18.1. The van der Waals surface area contributed by atoms with E-state index in [0.717, 1.165) is 17.9 Å². The topological polar surface area (TPSA) is 0 Å². The molecule has 1 saturated carbocycles. The zero-order valence-electron chi connectivity index (χ0n) is 16.8. The molecule has 1 radical (unpaired) electrons. The average Bonchev–Trinajstić information content (AvgIpc) is 2.68. The molecule has 2 aromatic carbocycles. The summed E-state index contributed by atoms with van der Waals surface area (Å²) in [4.78, 5) is 0. The van der Waals surface area contributed by atoms with E-state index in [2.05, 4.69) is 18.7 Å². The van der Waals surface area contributed by atoms with E-state index in [9.17, 15) is 8.78 Å². The molecular weight excluding hydrogens is 427 g/mol. The van der Waals surface area contributed by atoms with E-state index in [1.165, 1.54) is 31.2 Å². The zero-order valence-corrected chi connectivity index (χ0v) is 19.6. The Morgan fingerprint density at radius 3 is 2.14 bits per heavy atom. The molecule has 0 spiro atoms. The van der Waals surface area contributed by atoms with Crippen molar-refractivity contribution in [3.8, 4) is 17.0 Å². The van der Waals surface area contributed by atoms with Crippen LogP contribution in [0.4, 0.5) is 8.78 Å². The van der Waals surface area contributed by atoms with E-state index in [0.29, 0.717) is 17.0 Å². The Hall–Kier alpha value is -1.30. The van der Waals surface area contributed by atoms with Crippen molar-refractivity contribution in [1.29, 1.82) is 0 Å². The first-order valence-corrected chi connectivity index (χ1v) is 9.51.